The maximum atomic E-state index is 4.70. The van der Waals surface area contributed by atoms with E-state index in [1.165, 1.54) is 16.7 Å². The van der Waals surface area contributed by atoms with E-state index in [-0.39, 0.29) is 0 Å². The standard InChI is InChI=1S/C25H25N7/c1-17-3-2-4-21(29-17)25-28-14-10-23(32-25)30-22-9-13-27-24(31-22)16-18-5-6-19-7-11-26-12-8-20(19)15-18/h2-6,9-10,13-15,26H,7-8,11-12,16H2,1H3,(H,27,28,30,31,32). The van der Waals surface area contributed by atoms with E-state index in [1.54, 1.807) is 12.4 Å². The smallest absolute Gasteiger partial charge is 0.180 e. The van der Waals surface area contributed by atoms with Crippen LogP contribution in [0, 0.1) is 6.92 Å². The number of hydrogen-bond donors (Lipinski definition) is 2. The van der Waals surface area contributed by atoms with Crippen LogP contribution in [-0.4, -0.2) is 38.0 Å². The molecule has 5 rings (SSSR count). The van der Waals surface area contributed by atoms with Crippen molar-refractivity contribution in [1.29, 1.82) is 0 Å². The fourth-order valence-electron chi connectivity index (χ4n) is 3.92. The van der Waals surface area contributed by atoms with E-state index in [1.807, 2.05) is 37.3 Å². The molecule has 1 aliphatic heterocycles. The van der Waals surface area contributed by atoms with Crippen molar-refractivity contribution in [3.63, 3.8) is 0 Å². The lowest BCUT2D eigenvalue weighted by Crippen LogP contribution is -2.16. The Kier molecular flexibility index (Phi) is 5.81. The summed E-state index contributed by atoms with van der Waals surface area (Å²) in [6.45, 7) is 4.04. The van der Waals surface area contributed by atoms with Gasteiger partial charge in [0.1, 0.15) is 23.2 Å². The Morgan fingerprint density at radius 1 is 0.844 bits per heavy atom. The van der Waals surface area contributed by atoms with Gasteiger partial charge < -0.3 is 10.6 Å². The lowest BCUT2D eigenvalue weighted by Gasteiger charge is -2.10. The third-order valence-electron chi connectivity index (χ3n) is 5.51. The van der Waals surface area contributed by atoms with Crippen molar-refractivity contribution >= 4 is 11.6 Å². The Morgan fingerprint density at radius 2 is 1.66 bits per heavy atom. The van der Waals surface area contributed by atoms with Crippen LogP contribution in [-0.2, 0) is 19.3 Å². The van der Waals surface area contributed by atoms with Crippen molar-refractivity contribution in [3.05, 3.63) is 89.1 Å². The molecule has 3 aromatic heterocycles. The molecule has 4 aromatic rings. The summed E-state index contributed by atoms with van der Waals surface area (Å²) in [5, 5.41) is 6.74. The van der Waals surface area contributed by atoms with Crippen LogP contribution < -0.4 is 10.6 Å². The summed E-state index contributed by atoms with van der Waals surface area (Å²) >= 11 is 0. The van der Waals surface area contributed by atoms with Crippen molar-refractivity contribution in [2.24, 2.45) is 0 Å². The topological polar surface area (TPSA) is 88.5 Å². The number of hydrogen-bond acceptors (Lipinski definition) is 7. The zero-order chi connectivity index (χ0) is 21.8. The second-order valence-corrected chi connectivity index (χ2v) is 7.94. The molecule has 0 fully saturated rings. The summed E-state index contributed by atoms with van der Waals surface area (Å²) in [6, 6.07) is 16.2. The quantitative estimate of drug-likeness (QED) is 0.506. The Balaban J connectivity index is 1.33. The number of nitrogens with one attached hydrogen (secondary N) is 2. The summed E-state index contributed by atoms with van der Waals surface area (Å²) in [5.74, 6) is 2.72. The molecule has 0 saturated heterocycles. The molecule has 0 aliphatic carbocycles. The van der Waals surface area contributed by atoms with Crippen LogP contribution in [0.3, 0.4) is 0 Å². The van der Waals surface area contributed by atoms with Gasteiger partial charge in [-0.25, -0.2) is 24.9 Å². The average molecular weight is 424 g/mol. The number of nitrogens with zero attached hydrogens (tertiary/aromatic N) is 5. The van der Waals surface area contributed by atoms with E-state index in [0.29, 0.717) is 23.9 Å². The predicted molar refractivity (Wildman–Crippen MR) is 125 cm³/mol. The minimum atomic E-state index is 0.576. The lowest BCUT2D eigenvalue weighted by atomic mass is 9.99. The zero-order valence-corrected chi connectivity index (χ0v) is 18.0. The van der Waals surface area contributed by atoms with E-state index in [0.717, 1.165) is 43.1 Å². The van der Waals surface area contributed by atoms with Gasteiger partial charge in [0, 0.05) is 24.5 Å². The second kappa shape index (κ2) is 9.20. The minimum absolute atomic E-state index is 0.576. The SMILES string of the molecule is Cc1cccc(-c2nccc(Nc3ccnc(Cc4ccc5c(c4)CCNCC5)n3)n2)n1. The molecule has 7 nitrogen and oxygen atoms in total. The molecule has 1 aliphatic rings. The molecule has 0 bridgehead atoms. The van der Waals surface area contributed by atoms with Crippen LogP contribution in [0.4, 0.5) is 11.6 Å². The molecule has 160 valence electrons. The summed E-state index contributed by atoms with van der Waals surface area (Å²) in [4.78, 5) is 22.6. The first kappa shape index (κ1) is 20.2. The van der Waals surface area contributed by atoms with Gasteiger partial charge in [-0.3, -0.25) is 0 Å². The van der Waals surface area contributed by atoms with E-state index < -0.39 is 0 Å². The van der Waals surface area contributed by atoms with Crippen LogP contribution in [0.1, 0.15) is 28.2 Å². The Hall–Kier alpha value is -3.71. The van der Waals surface area contributed by atoms with Gasteiger partial charge in [-0.2, -0.15) is 0 Å². The van der Waals surface area contributed by atoms with Gasteiger partial charge in [-0.1, -0.05) is 24.3 Å². The maximum absolute atomic E-state index is 4.70. The average Bonchev–Trinajstić information content (AvgIpc) is 3.05. The normalized spacial score (nSPS) is 13.3. The molecule has 0 atom stereocenters. The molecule has 2 N–H and O–H groups in total. The van der Waals surface area contributed by atoms with Crippen LogP contribution in [0.25, 0.3) is 11.5 Å². The zero-order valence-electron chi connectivity index (χ0n) is 18.0. The summed E-state index contributed by atoms with van der Waals surface area (Å²) in [6.07, 6.45) is 6.35. The largest absolute Gasteiger partial charge is 0.325 e. The molecule has 0 spiro atoms. The highest BCUT2D eigenvalue weighted by Crippen LogP contribution is 2.19. The van der Waals surface area contributed by atoms with Crippen LogP contribution in [0.5, 0.6) is 0 Å². The first-order valence-electron chi connectivity index (χ1n) is 10.9. The van der Waals surface area contributed by atoms with E-state index >= 15 is 0 Å². The number of aryl methyl sites for hydroxylation is 1. The molecular formula is C25H25N7. The van der Waals surface area contributed by atoms with Crippen molar-refractivity contribution in [2.45, 2.75) is 26.2 Å². The van der Waals surface area contributed by atoms with Crippen LogP contribution in [0.15, 0.2) is 60.9 Å². The van der Waals surface area contributed by atoms with Gasteiger partial charge in [0.15, 0.2) is 5.82 Å². The number of aromatic nitrogens is 5. The summed E-state index contributed by atoms with van der Waals surface area (Å²) < 4.78 is 0. The highest BCUT2D eigenvalue weighted by Gasteiger charge is 2.10. The van der Waals surface area contributed by atoms with E-state index in [4.69, 9.17) is 4.98 Å². The molecule has 4 heterocycles. The fourth-order valence-corrected chi connectivity index (χ4v) is 3.92. The Morgan fingerprint density at radius 3 is 2.53 bits per heavy atom. The molecule has 0 saturated carbocycles. The molecular weight excluding hydrogens is 398 g/mol. The first-order valence-corrected chi connectivity index (χ1v) is 10.9. The molecule has 32 heavy (non-hydrogen) atoms. The highest BCUT2D eigenvalue weighted by atomic mass is 15.1. The Bertz CT molecular complexity index is 1240. The van der Waals surface area contributed by atoms with Crippen LogP contribution in [0.2, 0.25) is 0 Å². The van der Waals surface area contributed by atoms with Crippen molar-refractivity contribution < 1.29 is 0 Å². The van der Waals surface area contributed by atoms with E-state index in [9.17, 15) is 0 Å². The number of benzene rings is 1. The summed E-state index contributed by atoms with van der Waals surface area (Å²) in [7, 11) is 0. The summed E-state index contributed by atoms with van der Waals surface area (Å²) in [5.41, 5.74) is 5.78. The number of fused-ring (bicyclic) bond motifs is 1. The monoisotopic (exact) mass is 423 g/mol. The van der Waals surface area contributed by atoms with Gasteiger partial charge >= 0.3 is 0 Å². The fraction of sp³-hybridized carbons (Fsp3) is 0.240. The van der Waals surface area contributed by atoms with Gasteiger partial charge in [0.05, 0.1) is 0 Å². The molecule has 1 aromatic carbocycles. The van der Waals surface area contributed by atoms with Crippen molar-refractivity contribution in [3.8, 4) is 11.5 Å². The third-order valence-corrected chi connectivity index (χ3v) is 5.51. The van der Waals surface area contributed by atoms with E-state index in [2.05, 4.69) is 48.8 Å². The van der Waals surface area contributed by atoms with Crippen LogP contribution >= 0.6 is 0 Å². The molecule has 0 unspecified atom stereocenters. The molecule has 7 heteroatoms. The number of pyridine rings is 1. The van der Waals surface area contributed by atoms with Gasteiger partial charge in [-0.15, -0.1) is 0 Å². The lowest BCUT2D eigenvalue weighted by molar-refractivity contribution is 0.711. The Labute approximate surface area is 187 Å². The molecule has 0 amide bonds. The third kappa shape index (κ3) is 4.78. The number of anilines is 2. The van der Waals surface area contributed by atoms with Gasteiger partial charge in [-0.05, 0) is 73.8 Å². The minimum Gasteiger partial charge on any atom is -0.325 e. The van der Waals surface area contributed by atoms with Gasteiger partial charge in [0.25, 0.3) is 0 Å². The van der Waals surface area contributed by atoms with Crippen molar-refractivity contribution in [1.82, 2.24) is 30.2 Å². The highest BCUT2D eigenvalue weighted by molar-refractivity contribution is 5.56. The van der Waals surface area contributed by atoms with Gasteiger partial charge in [0.2, 0.25) is 0 Å². The second-order valence-electron chi connectivity index (χ2n) is 7.94. The first-order chi connectivity index (χ1) is 15.7. The predicted octanol–water partition coefficient (Wildman–Crippen LogP) is 3.66. The maximum Gasteiger partial charge on any atom is 0.180 e. The molecule has 0 radical (unpaired) electrons. The number of rotatable bonds is 5. The van der Waals surface area contributed by atoms with Crippen molar-refractivity contribution in [2.75, 3.05) is 18.4 Å².